The molecule has 0 aromatic heterocycles. The van der Waals surface area contributed by atoms with E-state index < -0.39 is 36.9 Å². The predicted molar refractivity (Wildman–Crippen MR) is 219 cm³/mol. The number of allylic oxidation sites excluding steroid dienone is 4. The van der Waals surface area contributed by atoms with E-state index in [1.54, 1.807) is 0 Å². The molecule has 0 heterocycles. The number of aliphatic hydroxyl groups excluding tert-OH is 4. The van der Waals surface area contributed by atoms with Crippen LogP contribution in [0.25, 0.3) is 0 Å². The second kappa shape index (κ2) is 40.0. The number of hydrogen-bond donors (Lipinski definition) is 5. The standard InChI is InChI=1S/C45H87NO5/c1-3-5-7-9-11-13-14-15-16-17-18-19-20-21-22-23-24-25-26-27-28-29-31-33-35-37-39-43(49)45(51)46-41(40-47)44(50)42(48)38-36-34-32-30-12-10-8-6-4-2/h6,8,30,32,41-44,47-50H,3-5,7,9-29,31,33-40H2,1-2H3,(H,46,51)/b8-6+,32-30+. The molecule has 1 amide bonds. The van der Waals surface area contributed by atoms with Gasteiger partial charge < -0.3 is 25.7 Å². The van der Waals surface area contributed by atoms with Gasteiger partial charge in [0, 0.05) is 0 Å². The van der Waals surface area contributed by atoms with Crippen molar-refractivity contribution in [1.82, 2.24) is 5.32 Å². The predicted octanol–water partition coefficient (Wildman–Crippen LogP) is 11.6. The highest BCUT2D eigenvalue weighted by Crippen LogP contribution is 2.17. The molecule has 0 bridgehead atoms. The van der Waals surface area contributed by atoms with Crippen molar-refractivity contribution >= 4 is 5.91 Å². The second-order valence-corrected chi connectivity index (χ2v) is 15.4. The van der Waals surface area contributed by atoms with Crippen molar-refractivity contribution in [2.75, 3.05) is 6.61 Å². The SMILES string of the molecule is CC/C=C/CC/C=C/CCCC(O)C(O)C(CO)NC(=O)C(O)CCCCCCCCCCCCCCCCCCCCCCCCCCCC. The van der Waals surface area contributed by atoms with Crippen LogP contribution in [0.2, 0.25) is 0 Å². The summed E-state index contributed by atoms with van der Waals surface area (Å²) in [5.41, 5.74) is 0. The maximum Gasteiger partial charge on any atom is 0.249 e. The summed E-state index contributed by atoms with van der Waals surface area (Å²) in [7, 11) is 0. The minimum atomic E-state index is -1.28. The third-order valence-electron chi connectivity index (χ3n) is 10.4. The molecule has 0 aliphatic rings. The lowest BCUT2D eigenvalue weighted by Crippen LogP contribution is -2.53. The fourth-order valence-electron chi connectivity index (χ4n) is 6.90. The smallest absolute Gasteiger partial charge is 0.249 e. The summed E-state index contributed by atoms with van der Waals surface area (Å²) in [4.78, 5) is 12.5. The molecular weight excluding hydrogens is 634 g/mol. The van der Waals surface area contributed by atoms with Gasteiger partial charge in [0.15, 0.2) is 0 Å². The van der Waals surface area contributed by atoms with Crippen molar-refractivity contribution in [2.45, 2.75) is 250 Å². The second-order valence-electron chi connectivity index (χ2n) is 15.4. The minimum absolute atomic E-state index is 0.364. The molecule has 6 nitrogen and oxygen atoms in total. The maximum atomic E-state index is 12.5. The summed E-state index contributed by atoms with van der Waals surface area (Å²) in [6.07, 6.45) is 45.3. The van der Waals surface area contributed by atoms with Crippen LogP contribution in [0.4, 0.5) is 0 Å². The summed E-state index contributed by atoms with van der Waals surface area (Å²) in [5.74, 6) is -0.597. The van der Waals surface area contributed by atoms with Gasteiger partial charge in [-0.2, -0.15) is 0 Å². The number of aliphatic hydroxyl groups is 4. The number of carbonyl (C=O) groups is 1. The summed E-state index contributed by atoms with van der Waals surface area (Å²) < 4.78 is 0. The van der Waals surface area contributed by atoms with E-state index in [1.165, 1.54) is 148 Å². The quantitative estimate of drug-likeness (QED) is 0.0320. The highest BCUT2D eigenvalue weighted by Gasteiger charge is 2.28. The maximum absolute atomic E-state index is 12.5. The Kier molecular flexibility index (Phi) is 39.0. The number of carbonyl (C=O) groups excluding carboxylic acids is 1. The monoisotopic (exact) mass is 722 g/mol. The normalized spacial score (nSPS) is 14.4. The zero-order chi connectivity index (χ0) is 37.5. The van der Waals surface area contributed by atoms with Crippen molar-refractivity contribution in [1.29, 1.82) is 0 Å². The van der Waals surface area contributed by atoms with Crippen molar-refractivity contribution in [3.63, 3.8) is 0 Å². The molecule has 0 rings (SSSR count). The van der Waals surface area contributed by atoms with Crippen molar-refractivity contribution in [2.24, 2.45) is 0 Å². The van der Waals surface area contributed by atoms with Gasteiger partial charge in [-0.1, -0.05) is 205 Å². The first-order chi connectivity index (χ1) is 25.0. The lowest BCUT2D eigenvalue weighted by atomic mass is 10.00. The molecule has 4 unspecified atom stereocenters. The van der Waals surface area contributed by atoms with Crippen LogP contribution in [-0.2, 0) is 4.79 Å². The van der Waals surface area contributed by atoms with Crippen LogP contribution in [-0.4, -0.2) is 57.3 Å². The number of unbranched alkanes of at least 4 members (excludes halogenated alkanes) is 27. The first kappa shape index (κ1) is 49.8. The molecule has 0 fully saturated rings. The van der Waals surface area contributed by atoms with Crippen LogP contribution in [0, 0.1) is 0 Å². The molecular formula is C45H87NO5. The van der Waals surface area contributed by atoms with Gasteiger partial charge in [0.2, 0.25) is 5.91 Å². The lowest BCUT2D eigenvalue weighted by Gasteiger charge is -2.27. The third-order valence-corrected chi connectivity index (χ3v) is 10.4. The summed E-state index contributed by atoms with van der Waals surface area (Å²) >= 11 is 0. The average molecular weight is 722 g/mol. The zero-order valence-electron chi connectivity index (χ0n) is 33.9. The third kappa shape index (κ3) is 34.3. The first-order valence-electron chi connectivity index (χ1n) is 22.2. The van der Waals surface area contributed by atoms with E-state index in [-0.39, 0.29) is 0 Å². The molecule has 0 aromatic carbocycles. The fourth-order valence-corrected chi connectivity index (χ4v) is 6.90. The Morgan fingerprint density at radius 2 is 0.863 bits per heavy atom. The summed E-state index contributed by atoms with van der Waals surface area (Å²) in [5, 5.41) is 43.4. The van der Waals surface area contributed by atoms with E-state index in [1.807, 2.05) is 0 Å². The van der Waals surface area contributed by atoms with Crippen molar-refractivity contribution < 1.29 is 25.2 Å². The largest absolute Gasteiger partial charge is 0.394 e. The minimum Gasteiger partial charge on any atom is -0.394 e. The Hall–Kier alpha value is -1.21. The Labute approximate surface area is 316 Å². The van der Waals surface area contributed by atoms with E-state index in [2.05, 4.69) is 43.5 Å². The summed E-state index contributed by atoms with van der Waals surface area (Å²) in [6, 6.07) is -1.00. The lowest BCUT2D eigenvalue weighted by molar-refractivity contribution is -0.132. The van der Waals surface area contributed by atoms with Crippen LogP contribution in [0.15, 0.2) is 24.3 Å². The fraction of sp³-hybridized carbons (Fsp3) is 0.889. The molecule has 0 aliphatic heterocycles. The van der Waals surface area contributed by atoms with Crippen LogP contribution in [0.5, 0.6) is 0 Å². The topological polar surface area (TPSA) is 110 Å². The molecule has 0 aromatic rings. The Morgan fingerprint density at radius 1 is 0.490 bits per heavy atom. The molecule has 51 heavy (non-hydrogen) atoms. The van der Waals surface area contributed by atoms with Crippen molar-refractivity contribution in [3.8, 4) is 0 Å². The van der Waals surface area contributed by atoms with Crippen LogP contribution >= 0.6 is 0 Å². The summed E-state index contributed by atoms with van der Waals surface area (Å²) in [6.45, 7) is 3.91. The Morgan fingerprint density at radius 3 is 1.25 bits per heavy atom. The Bertz CT molecular complexity index is 772. The molecule has 0 saturated heterocycles. The highest BCUT2D eigenvalue weighted by molar-refractivity contribution is 5.80. The van der Waals surface area contributed by atoms with Crippen LogP contribution in [0.3, 0.4) is 0 Å². The van der Waals surface area contributed by atoms with Gasteiger partial charge in [0.05, 0.1) is 18.8 Å². The van der Waals surface area contributed by atoms with Crippen LogP contribution in [0.1, 0.15) is 226 Å². The molecule has 6 heteroatoms. The number of amides is 1. The van der Waals surface area contributed by atoms with Gasteiger partial charge in [-0.25, -0.2) is 0 Å². The molecule has 0 saturated carbocycles. The first-order valence-corrected chi connectivity index (χ1v) is 22.2. The van der Waals surface area contributed by atoms with E-state index in [0.29, 0.717) is 19.3 Å². The van der Waals surface area contributed by atoms with E-state index in [9.17, 15) is 25.2 Å². The molecule has 5 N–H and O–H groups in total. The van der Waals surface area contributed by atoms with E-state index in [4.69, 9.17) is 0 Å². The molecule has 0 spiro atoms. The van der Waals surface area contributed by atoms with Gasteiger partial charge in [-0.15, -0.1) is 0 Å². The van der Waals surface area contributed by atoms with Gasteiger partial charge in [0.1, 0.15) is 12.2 Å². The van der Waals surface area contributed by atoms with E-state index >= 15 is 0 Å². The average Bonchev–Trinajstić information content (AvgIpc) is 3.13. The molecule has 0 radical (unpaired) electrons. The van der Waals surface area contributed by atoms with Gasteiger partial charge in [0.25, 0.3) is 0 Å². The number of rotatable bonds is 40. The number of nitrogens with one attached hydrogen (secondary N) is 1. The van der Waals surface area contributed by atoms with Crippen molar-refractivity contribution in [3.05, 3.63) is 24.3 Å². The zero-order valence-corrected chi connectivity index (χ0v) is 33.9. The number of hydrogen-bond acceptors (Lipinski definition) is 5. The van der Waals surface area contributed by atoms with Gasteiger partial charge in [-0.05, 0) is 44.9 Å². The van der Waals surface area contributed by atoms with E-state index in [0.717, 1.165) is 44.9 Å². The van der Waals surface area contributed by atoms with Gasteiger partial charge in [-0.3, -0.25) is 4.79 Å². The molecule has 302 valence electrons. The Balaban J connectivity index is 3.60. The van der Waals surface area contributed by atoms with Gasteiger partial charge >= 0.3 is 0 Å². The molecule has 0 aliphatic carbocycles. The highest BCUT2D eigenvalue weighted by atomic mass is 16.3. The van der Waals surface area contributed by atoms with Crippen LogP contribution < -0.4 is 5.32 Å². The molecule has 4 atom stereocenters.